The summed E-state index contributed by atoms with van der Waals surface area (Å²) in [7, 11) is 2.21. The minimum atomic E-state index is -2.19. The van der Waals surface area contributed by atoms with Gasteiger partial charge in [0.2, 0.25) is 0 Å². The van der Waals surface area contributed by atoms with Crippen molar-refractivity contribution < 1.29 is 33.5 Å². The number of nitriles is 1. The third-order valence-electron chi connectivity index (χ3n) is 6.67. The van der Waals surface area contributed by atoms with Crippen LogP contribution in [0.3, 0.4) is 0 Å². The number of carbonyl (C=O) groups excluding carboxylic acids is 3. The highest BCUT2D eigenvalue weighted by molar-refractivity contribution is 6.04. The molecule has 0 radical (unpaired) electrons. The predicted molar refractivity (Wildman–Crippen MR) is 132 cm³/mol. The molecule has 4 rings (SSSR count). The lowest BCUT2D eigenvalue weighted by Crippen LogP contribution is -2.55. The Morgan fingerprint density at radius 2 is 1.82 bits per heavy atom. The van der Waals surface area contributed by atoms with Crippen molar-refractivity contribution in [1.82, 2.24) is 4.90 Å². The minimum Gasteiger partial charge on any atom is -0.466 e. The van der Waals surface area contributed by atoms with Gasteiger partial charge in [-0.1, -0.05) is 36.4 Å². The highest BCUT2D eigenvalue weighted by Crippen LogP contribution is 2.59. The van der Waals surface area contributed by atoms with Gasteiger partial charge in [0.1, 0.15) is 5.70 Å². The SMILES string of the molecule is CCOC(=O)C1(C#N)[C@H](c2cccc([N+](=O)[O-])c2)C(C(=O)OC)=C(C(=O)OC)N2C=Cc3ccccc3[C@@H]21. The zero-order chi connectivity index (χ0) is 27.6. The molecule has 0 aromatic heterocycles. The van der Waals surface area contributed by atoms with E-state index in [1.165, 1.54) is 29.3 Å². The van der Waals surface area contributed by atoms with E-state index in [1.54, 1.807) is 37.3 Å². The van der Waals surface area contributed by atoms with Gasteiger partial charge in [-0.2, -0.15) is 5.26 Å². The number of nitrogens with zero attached hydrogens (tertiary/aromatic N) is 3. The summed E-state index contributed by atoms with van der Waals surface area (Å²) in [6, 6.07) is 13.1. The molecule has 0 aliphatic carbocycles. The van der Waals surface area contributed by atoms with E-state index >= 15 is 0 Å². The van der Waals surface area contributed by atoms with Crippen molar-refractivity contribution in [3.63, 3.8) is 0 Å². The Hall–Kier alpha value is -4.98. The Bertz CT molecular complexity index is 1440. The third kappa shape index (κ3) is 3.87. The minimum absolute atomic E-state index is 0.0716. The zero-order valence-corrected chi connectivity index (χ0v) is 20.7. The number of nitro groups is 1. The summed E-state index contributed by atoms with van der Waals surface area (Å²) in [4.78, 5) is 52.9. The standard InChI is InChI=1S/C27H23N3O8/c1-4-38-26(33)27(15-28)21(17-9-7-10-18(14-17)30(34)35)20(24(31)36-2)22(25(32)37-3)29-13-12-16-8-5-6-11-19(16)23(27)29/h5-14,21,23H,4H2,1-3H3/t21-,23-,27?/m1/s1. The second-order valence-corrected chi connectivity index (χ2v) is 8.49. The molecule has 3 atom stereocenters. The number of hydrogen-bond acceptors (Lipinski definition) is 10. The van der Waals surface area contributed by atoms with E-state index in [9.17, 15) is 29.8 Å². The van der Waals surface area contributed by atoms with Crippen LogP contribution in [0.4, 0.5) is 5.69 Å². The van der Waals surface area contributed by atoms with Crippen LogP contribution in [0, 0.1) is 26.9 Å². The predicted octanol–water partition coefficient (Wildman–Crippen LogP) is 3.39. The maximum atomic E-state index is 13.9. The molecule has 2 heterocycles. The Labute approximate surface area is 217 Å². The molecule has 2 aliphatic rings. The van der Waals surface area contributed by atoms with Gasteiger partial charge in [0.15, 0.2) is 5.41 Å². The van der Waals surface area contributed by atoms with Crippen LogP contribution in [-0.4, -0.2) is 48.6 Å². The fraction of sp³-hybridized carbons (Fsp3) is 0.259. The first-order chi connectivity index (χ1) is 18.3. The van der Waals surface area contributed by atoms with E-state index in [4.69, 9.17) is 14.2 Å². The molecular formula is C27H23N3O8. The summed E-state index contributed by atoms with van der Waals surface area (Å²) < 4.78 is 15.5. The van der Waals surface area contributed by atoms with E-state index in [0.717, 1.165) is 20.3 Å². The van der Waals surface area contributed by atoms with Crippen LogP contribution in [0.2, 0.25) is 0 Å². The average Bonchev–Trinajstić information content (AvgIpc) is 2.94. The first kappa shape index (κ1) is 26.1. The molecule has 2 aromatic rings. The molecule has 1 unspecified atom stereocenters. The zero-order valence-electron chi connectivity index (χ0n) is 20.7. The molecule has 0 saturated carbocycles. The number of esters is 3. The van der Waals surface area contributed by atoms with Crippen LogP contribution in [0.15, 0.2) is 66.0 Å². The monoisotopic (exact) mass is 517 g/mol. The van der Waals surface area contributed by atoms with Gasteiger partial charge < -0.3 is 19.1 Å². The van der Waals surface area contributed by atoms with E-state index in [1.807, 2.05) is 0 Å². The molecule has 0 bridgehead atoms. The van der Waals surface area contributed by atoms with Crippen molar-refractivity contribution >= 4 is 29.7 Å². The highest BCUT2D eigenvalue weighted by Gasteiger charge is 2.64. The number of methoxy groups -OCH3 is 2. The lowest BCUT2D eigenvalue weighted by molar-refractivity contribution is -0.384. The Balaban J connectivity index is 2.22. The molecule has 0 amide bonds. The van der Waals surface area contributed by atoms with Gasteiger partial charge in [-0.3, -0.25) is 14.9 Å². The van der Waals surface area contributed by atoms with Crippen LogP contribution in [-0.2, 0) is 28.6 Å². The Kier molecular flexibility index (Phi) is 6.99. The van der Waals surface area contributed by atoms with E-state index < -0.39 is 40.2 Å². The van der Waals surface area contributed by atoms with Crippen LogP contribution in [0.1, 0.15) is 35.6 Å². The number of benzene rings is 2. The molecule has 38 heavy (non-hydrogen) atoms. The summed E-state index contributed by atoms with van der Waals surface area (Å²) in [6.45, 7) is 1.48. The molecule has 0 N–H and O–H groups in total. The third-order valence-corrected chi connectivity index (χ3v) is 6.67. The molecule has 194 valence electrons. The van der Waals surface area contributed by atoms with Crippen molar-refractivity contribution in [1.29, 1.82) is 5.26 Å². The highest BCUT2D eigenvalue weighted by atomic mass is 16.6. The van der Waals surface area contributed by atoms with Crippen molar-refractivity contribution in [3.8, 4) is 6.07 Å². The number of non-ortho nitro benzene ring substituents is 1. The molecule has 0 spiro atoms. The number of rotatable bonds is 6. The maximum Gasteiger partial charge on any atom is 0.355 e. The van der Waals surface area contributed by atoms with Gasteiger partial charge in [0.05, 0.1) is 49.4 Å². The summed E-state index contributed by atoms with van der Waals surface area (Å²) in [5, 5.41) is 22.5. The van der Waals surface area contributed by atoms with E-state index in [-0.39, 0.29) is 29.1 Å². The number of hydrogen-bond donors (Lipinski definition) is 0. The van der Waals surface area contributed by atoms with Crippen LogP contribution in [0.5, 0.6) is 0 Å². The summed E-state index contributed by atoms with van der Waals surface area (Å²) >= 11 is 0. The molecule has 0 saturated heterocycles. The van der Waals surface area contributed by atoms with Crippen molar-refractivity contribution in [3.05, 3.63) is 92.8 Å². The first-order valence-electron chi connectivity index (χ1n) is 11.6. The number of ether oxygens (including phenoxy) is 3. The average molecular weight is 517 g/mol. The van der Waals surface area contributed by atoms with Gasteiger partial charge in [0.25, 0.3) is 5.69 Å². The van der Waals surface area contributed by atoms with Gasteiger partial charge in [0, 0.05) is 18.3 Å². The van der Waals surface area contributed by atoms with Crippen molar-refractivity contribution in [2.24, 2.45) is 5.41 Å². The van der Waals surface area contributed by atoms with Crippen LogP contribution >= 0.6 is 0 Å². The molecule has 2 aliphatic heterocycles. The van der Waals surface area contributed by atoms with E-state index in [0.29, 0.717) is 11.1 Å². The van der Waals surface area contributed by atoms with Gasteiger partial charge in [-0.15, -0.1) is 0 Å². The lowest BCUT2D eigenvalue weighted by atomic mass is 9.59. The summed E-state index contributed by atoms with van der Waals surface area (Å²) in [5.74, 6) is -4.42. The summed E-state index contributed by atoms with van der Waals surface area (Å²) in [6.07, 6.45) is 3.15. The first-order valence-corrected chi connectivity index (χ1v) is 11.6. The van der Waals surface area contributed by atoms with Crippen molar-refractivity contribution in [2.75, 3.05) is 20.8 Å². The quantitative estimate of drug-likeness (QED) is 0.241. The fourth-order valence-electron chi connectivity index (χ4n) is 5.17. The Morgan fingerprint density at radius 3 is 2.45 bits per heavy atom. The van der Waals surface area contributed by atoms with Crippen LogP contribution in [0.25, 0.3) is 6.08 Å². The Morgan fingerprint density at radius 1 is 1.11 bits per heavy atom. The number of carbonyl (C=O) groups is 3. The van der Waals surface area contributed by atoms with Crippen molar-refractivity contribution in [2.45, 2.75) is 18.9 Å². The van der Waals surface area contributed by atoms with Gasteiger partial charge in [-0.25, -0.2) is 9.59 Å². The normalized spacial score (nSPS) is 21.5. The fourth-order valence-corrected chi connectivity index (χ4v) is 5.17. The lowest BCUT2D eigenvalue weighted by Gasteiger charge is -2.50. The summed E-state index contributed by atoms with van der Waals surface area (Å²) in [5.41, 5.74) is -1.91. The molecule has 0 fully saturated rings. The number of nitro benzene ring substituents is 1. The number of fused-ring (bicyclic) bond motifs is 3. The second kappa shape index (κ2) is 10.2. The van der Waals surface area contributed by atoms with Crippen LogP contribution < -0.4 is 0 Å². The molecule has 11 heteroatoms. The topological polar surface area (TPSA) is 149 Å². The molecule has 11 nitrogen and oxygen atoms in total. The van der Waals surface area contributed by atoms with Gasteiger partial charge >= 0.3 is 17.9 Å². The molecular weight excluding hydrogens is 494 g/mol. The second-order valence-electron chi connectivity index (χ2n) is 8.49. The van der Waals surface area contributed by atoms with Gasteiger partial charge in [-0.05, 0) is 29.7 Å². The maximum absolute atomic E-state index is 13.9. The van der Waals surface area contributed by atoms with E-state index in [2.05, 4.69) is 6.07 Å². The smallest absolute Gasteiger partial charge is 0.355 e. The largest absolute Gasteiger partial charge is 0.466 e. The molecule has 2 aromatic carbocycles.